The van der Waals surface area contributed by atoms with Gasteiger partial charge in [0.15, 0.2) is 0 Å². The van der Waals surface area contributed by atoms with Crippen LogP contribution in [0.3, 0.4) is 0 Å². The van der Waals surface area contributed by atoms with Crippen molar-refractivity contribution in [2.24, 2.45) is 0 Å². The van der Waals surface area contributed by atoms with Crippen LogP contribution in [0.25, 0.3) is 11.1 Å². The van der Waals surface area contributed by atoms with E-state index in [2.05, 4.69) is 23.1 Å². The third-order valence-electron chi connectivity index (χ3n) is 4.13. The number of anilines is 1. The predicted octanol–water partition coefficient (Wildman–Crippen LogP) is 4.45. The van der Waals surface area contributed by atoms with Gasteiger partial charge in [-0.3, -0.25) is 10.1 Å². The summed E-state index contributed by atoms with van der Waals surface area (Å²) in [7, 11) is 0. The zero-order valence-electron chi connectivity index (χ0n) is 12.5. The number of halogens is 2. The zero-order valence-corrected chi connectivity index (χ0v) is 14.0. The van der Waals surface area contributed by atoms with Crippen molar-refractivity contribution in [3.8, 4) is 11.1 Å². The fraction of sp³-hybridized carbons (Fsp3) is 0.294. The van der Waals surface area contributed by atoms with Crippen LogP contribution in [-0.4, -0.2) is 29.8 Å². The average molecular weight is 351 g/mol. The quantitative estimate of drug-likeness (QED) is 0.374. The summed E-state index contributed by atoms with van der Waals surface area (Å²) >= 11 is 11.7. The standard InChI is InChI=1S/C17H16Cl2N2O2/c18-5-7-20(8-6-19)14-1-3-16-12(10-14)9-13-11-15(21(22)23)2-4-17(13)16/h1-4,10-11H,5-9H2. The van der Waals surface area contributed by atoms with Crippen molar-refractivity contribution in [2.45, 2.75) is 6.42 Å². The summed E-state index contributed by atoms with van der Waals surface area (Å²) in [6.07, 6.45) is 0.718. The molecule has 1 aliphatic carbocycles. The highest BCUT2D eigenvalue weighted by atomic mass is 35.5. The van der Waals surface area contributed by atoms with Crippen molar-refractivity contribution < 1.29 is 4.92 Å². The first-order valence-corrected chi connectivity index (χ1v) is 8.48. The maximum atomic E-state index is 10.9. The lowest BCUT2D eigenvalue weighted by molar-refractivity contribution is -0.384. The van der Waals surface area contributed by atoms with Gasteiger partial charge in [-0.15, -0.1) is 23.2 Å². The minimum Gasteiger partial charge on any atom is -0.369 e. The summed E-state index contributed by atoms with van der Waals surface area (Å²) in [6.45, 7) is 1.48. The number of alkyl halides is 2. The molecule has 0 N–H and O–H groups in total. The number of hydrogen-bond donors (Lipinski definition) is 0. The van der Waals surface area contributed by atoms with E-state index in [4.69, 9.17) is 23.2 Å². The predicted molar refractivity (Wildman–Crippen MR) is 95.0 cm³/mol. The summed E-state index contributed by atoms with van der Waals surface area (Å²) in [5.74, 6) is 1.08. The van der Waals surface area contributed by atoms with Crippen molar-refractivity contribution >= 4 is 34.6 Å². The number of rotatable bonds is 6. The molecule has 0 aliphatic heterocycles. The molecule has 4 nitrogen and oxygen atoms in total. The number of nitro groups is 1. The summed E-state index contributed by atoms with van der Waals surface area (Å²) in [5.41, 5.74) is 5.66. The van der Waals surface area contributed by atoms with Crippen LogP contribution in [0.5, 0.6) is 0 Å². The van der Waals surface area contributed by atoms with Crippen molar-refractivity contribution in [1.82, 2.24) is 0 Å². The highest BCUT2D eigenvalue weighted by Gasteiger charge is 2.22. The van der Waals surface area contributed by atoms with Crippen LogP contribution in [0, 0.1) is 10.1 Å². The third-order valence-corrected chi connectivity index (χ3v) is 4.47. The first kappa shape index (κ1) is 16.1. The third kappa shape index (κ3) is 3.14. The second-order valence-corrected chi connectivity index (χ2v) is 6.24. The molecule has 0 bridgehead atoms. The molecule has 0 radical (unpaired) electrons. The van der Waals surface area contributed by atoms with Gasteiger partial charge in [-0.2, -0.15) is 0 Å². The molecule has 0 amide bonds. The lowest BCUT2D eigenvalue weighted by Crippen LogP contribution is -2.27. The number of nitrogens with zero attached hydrogens (tertiary/aromatic N) is 2. The fourth-order valence-corrected chi connectivity index (χ4v) is 3.48. The fourth-order valence-electron chi connectivity index (χ4n) is 3.07. The van der Waals surface area contributed by atoms with Crippen LogP contribution < -0.4 is 4.90 Å². The smallest absolute Gasteiger partial charge is 0.269 e. The van der Waals surface area contributed by atoms with Crippen molar-refractivity contribution in [3.63, 3.8) is 0 Å². The maximum absolute atomic E-state index is 10.9. The summed E-state index contributed by atoms with van der Waals surface area (Å²) < 4.78 is 0. The molecule has 120 valence electrons. The van der Waals surface area contributed by atoms with Crippen molar-refractivity contribution in [1.29, 1.82) is 0 Å². The Bertz CT molecular complexity index is 743. The summed E-state index contributed by atoms with van der Waals surface area (Å²) in [5, 5.41) is 10.9. The Morgan fingerprint density at radius 2 is 1.61 bits per heavy atom. The lowest BCUT2D eigenvalue weighted by atomic mass is 10.0. The molecule has 1 aliphatic rings. The molecule has 0 atom stereocenters. The molecule has 0 heterocycles. The van der Waals surface area contributed by atoms with Crippen molar-refractivity contribution in [3.05, 3.63) is 57.6 Å². The van der Waals surface area contributed by atoms with E-state index >= 15 is 0 Å². The van der Waals surface area contributed by atoms with E-state index < -0.39 is 0 Å². The van der Waals surface area contributed by atoms with E-state index in [1.54, 1.807) is 12.1 Å². The van der Waals surface area contributed by atoms with E-state index in [1.807, 2.05) is 6.07 Å². The normalized spacial score (nSPS) is 11.9. The Morgan fingerprint density at radius 1 is 1.00 bits per heavy atom. The first-order valence-electron chi connectivity index (χ1n) is 7.41. The molecular weight excluding hydrogens is 335 g/mol. The Hall–Kier alpha value is -1.78. The van der Waals surface area contributed by atoms with Gasteiger partial charge in [0.2, 0.25) is 0 Å². The molecule has 3 rings (SSSR count). The molecule has 0 aromatic heterocycles. The molecule has 0 saturated carbocycles. The van der Waals surface area contributed by atoms with Gasteiger partial charge in [0.05, 0.1) is 4.92 Å². The Balaban J connectivity index is 1.93. The second-order valence-electron chi connectivity index (χ2n) is 5.48. The minimum absolute atomic E-state index is 0.141. The van der Waals surface area contributed by atoms with Gasteiger partial charge in [0.25, 0.3) is 5.69 Å². The molecule has 0 spiro atoms. The lowest BCUT2D eigenvalue weighted by Gasteiger charge is -2.23. The van der Waals surface area contributed by atoms with Gasteiger partial charge in [-0.25, -0.2) is 0 Å². The van der Waals surface area contributed by atoms with E-state index in [9.17, 15) is 10.1 Å². The number of nitro benzene ring substituents is 1. The number of hydrogen-bond acceptors (Lipinski definition) is 3. The second kappa shape index (κ2) is 6.77. The summed E-state index contributed by atoms with van der Waals surface area (Å²) in [6, 6.07) is 11.4. The molecule has 0 unspecified atom stereocenters. The van der Waals surface area contributed by atoms with Gasteiger partial charge in [0, 0.05) is 42.7 Å². The van der Waals surface area contributed by atoms with Gasteiger partial charge in [-0.1, -0.05) is 6.07 Å². The molecule has 0 saturated heterocycles. The van der Waals surface area contributed by atoms with E-state index in [0.29, 0.717) is 11.8 Å². The van der Waals surface area contributed by atoms with Crippen LogP contribution in [0.1, 0.15) is 11.1 Å². The van der Waals surface area contributed by atoms with Gasteiger partial charge >= 0.3 is 0 Å². The summed E-state index contributed by atoms with van der Waals surface area (Å²) in [4.78, 5) is 12.7. The van der Waals surface area contributed by atoms with Crippen LogP contribution in [-0.2, 0) is 6.42 Å². The Morgan fingerprint density at radius 3 is 2.22 bits per heavy atom. The highest BCUT2D eigenvalue weighted by Crippen LogP contribution is 2.39. The largest absolute Gasteiger partial charge is 0.369 e. The zero-order chi connectivity index (χ0) is 16.4. The Kier molecular flexibility index (Phi) is 4.74. The molecule has 6 heteroatoms. The highest BCUT2D eigenvalue weighted by molar-refractivity contribution is 6.18. The SMILES string of the molecule is O=[N+]([O-])c1ccc2c(c1)Cc1cc(N(CCCl)CCCl)ccc1-2. The van der Waals surface area contributed by atoms with Crippen LogP contribution in [0.4, 0.5) is 11.4 Å². The van der Waals surface area contributed by atoms with Gasteiger partial charge in [-0.05, 0) is 46.9 Å². The van der Waals surface area contributed by atoms with E-state index in [-0.39, 0.29) is 10.6 Å². The maximum Gasteiger partial charge on any atom is 0.269 e. The number of benzene rings is 2. The average Bonchev–Trinajstić information content (AvgIpc) is 2.91. The van der Waals surface area contributed by atoms with E-state index in [1.165, 1.54) is 5.56 Å². The Labute approximate surface area is 144 Å². The van der Waals surface area contributed by atoms with Crippen molar-refractivity contribution in [2.75, 3.05) is 29.7 Å². The van der Waals surface area contributed by atoms with Gasteiger partial charge in [0.1, 0.15) is 0 Å². The topological polar surface area (TPSA) is 46.4 Å². The van der Waals surface area contributed by atoms with Crippen LogP contribution in [0.2, 0.25) is 0 Å². The molecule has 2 aromatic rings. The number of fused-ring (bicyclic) bond motifs is 3. The molecular formula is C17H16Cl2N2O2. The van der Waals surface area contributed by atoms with Crippen LogP contribution in [0.15, 0.2) is 36.4 Å². The monoisotopic (exact) mass is 350 g/mol. The first-order chi connectivity index (χ1) is 11.1. The molecule has 2 aromatic carbocycles. The molecule has 23 heavy (non-hydrogen) atoms. The minimum atomic E-state index is -0.350. The van der Waals surface area contributed by atoms with Crippen LogP contribution >= 0.6 is 23.2 Å². The van der Waals surface area contributed by atoms with E-state index in [0.717, 1.165) is 41.9 Å². The molecule has 0 fully saturated rings. The number of non-ortho nitro benzene ring substituents is 1. The van der Waals surface area contributed by atoms with Gasteiger partial charge < -0.3 is 4.90 Å².